The van der Waals surface area contributed by atoms with E-state index >= 15 is 0 Å². The van der Waals surface area contributed by atoms with Crippen LogP contribution in [0, 0.1) is 28.5 Å². The third kappa shape index (κ3) is 6.39. The molecule has 2 aromatic heterocycles. The molecule has 0 bridgehead atoms. The predicted octanol–water partition coefficient (Wildman–Crippen LogP) is 6.65. The molecule has 50 heavy (non-hydrogen) atoms. The summed E-state index contributed by atoms with van der Waals surface area (Å²) in [6, 6.07) is 21.5. The van der Waals surface area contributed by atoms with Crippen LogP contribution >= 0.6 is 0 Å². The zero-order chi connectivity index (χ0) is 35.5. The number of nitrogen functional groups attached to an aromatic ring is 2. The van der Waals surface area contributed by atoms with E-state index in [4.69, 9.17) is 20.9 Å². The van der Waals surface area contributed by atoms with Crippen molar-refractivity contribution >= 4 is 22.9 Å². The van der Waals surface area contributed by atoms with Gasteiger partial charge in [0, 0.05) is 34.5 Å². The molecule has 4 aromatic carbocycles. The van der Waals surface area contributed by atoms with Crippen LogP contribution in [0.3, 0.4) is 0 Å². The lowest BCUT2D eigenvalue weighted by atomic mass is 9.99. The number of anilines is 2. The van der Waals surface area contributed by atoms with E-state index in [9.17, 15) is 32.4 Å². The lowest BCUT2D eigenvalue weighted by Gasteiger charge is -2.12. The lowest BCUT2D eigenvalue weighted by molar-refractivity contribution is -0.593. The fourth-order valence-electron chi connectivity index (χ4n) is 5.29. The fraction of sp³-hybridized carbons (Fsp3) is 0.0270. The van der Waals surface area contributed by atoms with E-state index in [1.165, 1.54) is 42.6 Å². The molecule has 9 nitrogen and oxygen atoms in total. The Morgan fingerprint density at radius 2 is 1.30 bits per heavy atom. The molecule has 0 radical (unpaired) electrons. The van der Waals surface area contributed by atoms with Gasteiger partial charge in [-0.2, -0.15) is 4.73 Å². The summed E-state index contributed by atoms with van der Waals surface area (Å²) in [6.45, 7) is 0.119. The van der Waals surface area contributed by atoms with Crippen molar-refractivity contribution in [2.45, 2.75) is 0 Å². The first-order valence-electron chi connectivity index (χ1n) is 14.7. The molecule has 1 aliphatic heterocycles. The quantitative estimate of drug-likeness (QED) is 0.0862. The van der Waals surface area contributed by atoms with Gasteiger partial charge in [0.2, 0.25) is 6.79 Å². The summed E-state index contributed by atoms with van der Waals surface area (Å²) >= 11 is 0. The number of fused-ring (bicyclic) bond motifs is 1. The highest BCUT2D eigenvalue weighted by atomic mass is 19.1. The molecule has 6 aromatic rings. The van der Waals surface area contributed by atoms with Gasteiger partial charge in [-0.05, 0) is 54.6 Å². The molecule has 0 unspecified atom stereocenters. The highest BCUT2D eigenvalue weighted by molar-refractivity contribution is 6.14. The van der Waals surface area contributed by atoms with Gasteiger partial charge in [-0.15, -0.1) is 0 Å². The van der Waals surface area contributed by atoms with Crippen LogP contribution in [0.4, 0.5) is 28.9 Å². The summed E-state index contributed by atoms with van der Waals surface area (Å²) < 4.78 is 65.8. The zero-order valence-corrected chi connectivity index (χ0v) is 25.7. The van der Waals surface area contributed by atoms with E-state index in [1.807, 2.05) is 0 Å². The Hall–Kier alpha value is -6.76. The van der Waals surface area contributed by atoms with Gasteiger partial charge in [-0.1, -0.05) is 36.4 Å². The van der Waals surface area contributed by atoms with Crippen LogP contribution in [0.25, 0.3) is 22.5 Å². The number of aromatic nitrogens is 2. The molecule has 0 saturated heterocycles. The van der Waals surface area contributed by atoms with Gasteiger partial charge in [-0.25, -0.2) is 17.6 Å². The summed E-state index contributed by atoms with van der Waals surface area (Å²) in [6.07, 6.45) is 2.41. The molecule has 1 aliphatic rings. The number of rotatable bonds is 6. The molecular weight excluding hydrogens is 656 g/mol. The monoisotopic (exact) mass is 680 g/mol. The van der Waals surface area contributed by atoms with Crippen molar-refractivity contribution in [3.8, 4) is 34.0 Å². The van der Waals surface area contributed by atoms with Gasteiger partial charge in [0.1, 0.15) is 34.5 Å². The lowest BCUT2D eigenvalue weighted by Crippen LogP contribution is -2.31. The minimum absolute atomic E-state index is 0.00435. The molecule has 0 aliphatic carbocycles. The Balaban J connectivity index is 0.000000173. The second-order valence-corrected chi connectivity index (χ2v) is 10.8. The molecule has 0 atom stereocenters. The summed E-state index contributed by atoms with van der Waals surface area (Å²) in [4.78, 5) is 29.5. The third-order valence-corrected chi connectivity index (χ3v) is 7.65. The van der Waals surface area contributed by atoms with Crippen molar-refractivity contribution in [3.63, 3.8) is 0 Å². The molecular formula is C37H24F4N4O5. The number of hydrogen-bond donors (Lipinski definition) is 2. The molecule has 3 heterocycles. The van der Waals surface area contributed by atoms with E-state index < -0.39 is 46.0 Å². The highest BCUT2D eigenvalue weighted by Crippen LogP contribution is 2.42. The Labute approximate surface area is 281 Å². The topological polar surface area (TPSA) is 144 Å². The Morgan fingerprint density at radius 1 is 0.720 bits per heavy atom. The molecule has 4 N–H and O–H groups in total. The minimum atomic E-state index is -0.994. The molecule has 0 amide bonds. The first kappa shape index (κ1) is 33.2. The number of carbonyl (C=O) groups is 2. The molecule has 7 rings (SSSR count). The number of halogens is 4. The number of ether oxygens (including phenoxy) is 2. The van der Waals surface area contributed by atoms with Crippen LogP contribution in [0.5, 0.6) is 11.5 Å². The van der Waals surface area contributed by atoms with Crippen molar-refractivity contribution in [2.24, 2.45) is 0 Å². The van der Waals surface area contributed by atoms with E-state index in [2.05, 4.69) is 4.98 Å². The third-order valence-electron chi connectivity index (χ3n) is 7.65. The van der Waals surface area contributed by atoms with Gasteiger partial charge in [0.25, 0.3) is 5.69 Å². The van der Waals surface area contributed by atoms with Gasteiger partial charge in [-0.3, -0.25) is 14.6 Å². The maximum atomic E-state index is 14.0. The first-order chi connectivity index (χ1) is 24.0. The molecule has 0 fully saturated rings. The number of hydrogen-bond acceptors (Lipinski definition) is 8. The normalized spacial score (nSPS) is 11.4. The first-order valence-corrected chi connectivity index (χ1v) is 14.7. The maximum Gasteiger partial charge on any atom is 0.253 e. The van der Waals surface area contributed by atoms with E-state index in [-0.39, 0.29) is 45.2 Å². The van der Waals surface area contributed by atoms with E-state index in [1.54, 1.807) is 24.3 Å². The molecule has 0 saturated carbocycles. The Kier molecular flexibility index (Phi) is 9.13. The second-order valence-electron chi connectivity index (χ2n) is 10.8. The maximum absolute atomic E-state index is 14.0. The van der Waals surface area contributed by atoms with Crippen LogP contribution in [-0.2, 0) is 0 Å². The van der Waals surface area contributed by atoms with E-state index in [0.29, 0.717) is 22.8 Å². The predicted molar refractivity (Wildman–Crippen MR) is 175 cm³/mol. The largest absolute Gasteiger partial charge is 0.618 e. The van der Waals surface area contributed by atoms with Gasteiger partial charge in [0.15, 0.2) is 29.3 Å². The van der Waals surface area contributed by atoms with Crippen molar-refractivity contribution in [2.75, 3.05) is 18.3 Å². The van der Waals surface area contributed by atoms with Gasteiger partial charge < -0.3 is 26.1 Å². The van der Waals surface area contributed by atoms with Crippen LogP contribution in [0.15, 0.2) is 109 Å². The van der Waals surface area contributed by atoms with Crippen molar-refractivity contribution in [1.82, 2.24) is 4.98 Å². The number of nitrogens with zero attached hydrogens (tertiary/aromatic N) is 2. The van der Waals surface area contributed by atoms with Crippen molar-refractivity contribution in [3.05, 3.63) is 160 Å². The summed E-state index contributed by atoms with van der Waals surface area (Å²) in [5.41, 5.74) is 12.1. The second kappa shape index (κ2) is 13.8. The summed E-state index contributed by atoms with van der Waals surface area (Å²) in [5, 5.41) is 12.0. The molecule has 250 valence electrons. The van der Waals surface area contributed by atoms with Crippen molar-refractivity contribution in [1.29, 1.82) is 0 Å². The number of carbonyl (C=O) groups excluding carboxylic acids is 2. The number of nitrogens with two attached hydrogens (primary N) is 2. The minimum Gasteiger partial charge on any atom is -0.618 e. The smallest absolute Gasteiger partial charge is 0.253 e. The molecule has 13 heteroatoms. The highest BCUT2D eigenvalue weighted by Gasteiger charge is 2.27. The van der Waals surface area contributed by atoms with Gasteiger partial charge >= 0.3 is 0 Å². The van der Waals surface area contributed by atoms with Crippen LogP contribution < -0.4 is 25.7 Å². The Bertz CT molecular complexity index is 2280. The van der Waals surface area contributed by atoms with Gasteiger partial charge in [0.05, 0.1) is 16.9 Å². The standard InChI is InChI=1S/C19H13FN2O3.C18H11F3N2O2/c20-12-4-1-3-11(9-12)18(23)13-7-8-22-17(16(13)21)14-5-2-6-15-19(14)25-10-24-15;19-11-4-1-3-10(9-11)18(24)12-7-8-23(25)17(16(12)22)15-13(20)5-2-6-14(15)21/h1-9H,10,21H2;1-9H,22H2. The fourth-order valence-corrected chi connectivity index (χ4v) is 5.29. The summed E-state index contributed by atoms with van der Waals surface area (Å²) in [5.74, 6) is -3.00. The average molecular weight is 681 g/mol. The number of para-hydroxylation sites is 1. The molecule has 0 spiro atoms. The number of benzene rings is 4. The van der Waals surface area contributed by atoms with E-state index in [0.717, 1.165) is 42.6 Å². The Morgan fingerprint density at radius 3 is 1.92 bits per heavy atom. The van der Waals surface area contributed by atoms with Crippen molar-refractivity contribution < 1.29 is 41.4 Å². The van der Waals surface area contributed by atoms with Crippen LogP contribution in [-0.4, -0.2) is 23.3 Å². The summed E-state index contributed by atoms with van der Waals surface area (Å²) in [7, 11) is 0. The average Bonchev–Trinajstić information content (AvgIpc) is 3.59. The van der Waals surface area contributed by atoms with Crippen LogP contribution in [0.2, 0.25) is 0 Å². The van der Waals surface area contributed by atoms with Crippen LogP contribution in [0.1, 0.15) is 31.8 Å². The number of pyridine rings is 2. The zero-order valence-electron chi connectivity index (χ0n) is 25.7. The SMILES string of the molecule is Nc1c(C(=O)c2cccc(F)c2)cc[n+]([O-])c1-c1c(F)cccc1F.Nc1c(C(=O)c2cccc(F)c2)ccnc1-c1cccc2c1OCO2. The number of ketones is 2.